The molecule has 1 atom stereocenters. The third-order valence-electron chi connectivity index (χ3n) is 3.61. The van der Waals surface area contributed by atoms with Crippen LogP contribution in [-0.4, -0.2) is 29.3 Å². The molecule has 0 radical (unpaired) electrons. The van der Waals surface area contributed by atoms with E-state index in [0.717, 1.165) is 43.9 Å². The van der Waals surface area contributed by atoms with Gasteiger partial charge in [-0.05, 0) is 37.3 Å². The van der Waals surface area contributed by atoms with Crippen LogP contribution < -0.4 is 4.90 Å². The van der Waals surface area contributed by atoms with Crippen molar-refractivity contribution in [1.82, 2.24) is 4.98 Å². The van der Waals surface area contributed by atoms with Gasteiger partial charge in [-0.1, -0.05) is 13.8 Å². The molecule has 0 bridgehead atoms. The number of aliphatic hydroxyl groups is 1. The second kappa shape index (κ2) is 6.03. The highest BCUT2D eigenvalue weighted by molar-refractivity contribution is 5.54. The van der Waals surface area contributed by atoms with E-state index in [2.05, 4.69) is 29.8 Å². The summed E-state index contributed by atoms with van der Waals surface area (Å²) in [5, 5.41) is 18.9. The van der Waals surface area contributed by atoms with Crippen LogP contribution in [0.2, 0.25) is 0 Å². The molecule has 1 aliphatic rings. The summed E-state index contributed by atoms with van der Waals surface area (Å²) in [5.74, 6) is 1.13. The van der Waals surface area contributed by atoms with E-state index >= 15 is 0 Å². The first-order chi connectivity index (χ1) is 9.11. The molecule has 0 saturated carbocycles. The second-order valence-corrected chi connectivity index (χ2v) is 5.45. The maximum absolute atomic E-state index is 9.71. The smallest absolute Gasteiger partial charge is 0.146 e. The molecule has 19 heavy (non-hydrogen) atoms. The van der Waals surface area contributed by atoms with Crippen molar-refractivity contribution in [2.45, 2.75) is 45.1 Å². The number of pyridine rings is 1. The molecular formula is C15H21N3O. The minimum Gasteiger partial charge on any atom is -0.393 e. The Labute approximate surface area is 114 Å². The number of nitriles is 1. The minimum absolute atomic E-state index is 0.219. The van der Waals surface area contributed by atoms with Crippen LogP contribution in [-0.2, 0) is 0 Å². The van der Waals surface area contributed by atoms with Crippen LogP contribution in [0.3, 0.4) is 0 Å². The van der Waals surface area contributed by atoms with E-state index in [1.165, 1.54) is 0 Å². The maximum atomic E-state index is 9.71. The molecule has 0 aromatic carbocycles. The van der Waals surface area contributed by atoms with Crippen LogP contribution in [0.1, 0.15) is 50.3 Å². The molecule has 4 nitrogen and oxygen atoms in total. The Balaban J connectivity index is 2.31. The van der Waals surface area contributed by atoms with E-state index in [-0.39, 0.29) is 6.10 Å². The molecule has 1 aromatic rings. The number of hydrogen-bond donors (Lipinski definition) is 1. The fraction of sp³-hybridized carbons (Fsp3) is 0.600. The second-order valence-electron chi connectivity index (χ2n) is 5.45. The van der Waals surface area contributed by atoms with E-state index in [0.29, 0.717) is 11.5 Å². The fourth-order valence-corrected chi connectivity index (χ4v) is 2.40. The van der Waals surface area contributed by atoms with Crippen LogP contribution in [0.4, 0.5) is 5.82 Å². The summed E-state index contributed by atoms with van der Waals surface area (Å²) in [6.45, 7) is 5.83. The van der Waals surface area contributed by atoms with Gasteiger partial charge in [-0.2, -0.15) is 5.26 Å². The molecule has 1 aromatic heterocycles. The predicted molar refractivity (Wildman–Crippen MR) is 75.1 cm³/mol. The van der Waals surface area contributed by atoms with Crippen molar-refractivity contribution in [2.24, 2.45) is 0 Å². The topological polar surface area (TPSA) is 60.2 Å². The summed E-state index contributed by atoms with van der Waals surface area (Å²) in [6.07, 6.45) is 2.31. The summed E-state index contributed by atoms with van der Waals surface area (Å²) < 4.78 is 0. The Bertz CT molecular complexity index is 479. The van der Waals surface area contributed by atoms with Gasteiger partial charge in [0.05, 0.1) is 11.7 Å². The first-order valence-electron chi connectivity index (χ1n) is 6.96. The van der Waals surface area contributed by atoms with Crippen molar-refractivity contribution in [3.8, 4) is 6.07 Å². The SMILES string of the molecule is CC(C)c1ccc(C#N)c(N2CCC[C@H](O)CC2)n1. The zero-order valence-corrected chi connectivity index (χ0v) is 11.6. The van der Waals surface area contributed by atoms with Gasteiger partial charge in [0.25, 0.3) is 0 Å². The van der Waals surface area contributed by atoms with Crippen LogP contribution in [0.15, 0.2) is 12.1 Å². The third kappa shape index (κ3) is 3.24. The molecule has 0 amide bonds. The van der Waals surface area contributed by atoms with E-state index in [1.807, 2.05) is 12.1 Å². The highest BCUT2D eigenvalue weighted by atomic mass is 16.3. The van der Waals surface area contributed by atoms with E-state index < -0.39 is 0 Å². The normalized spacial score (nSPS) is 20.2. The Kier molecular flexibility index (Phi) is 4.39. The van der Waals surface area contributed by atoms with Gasteiger partial charge in [0, 0.05) is 18.8 Å². The van der Waals surface area contributed by atoms with Crippen molar-refractivity contribution in [3.63, 3.8) is 0 Å². The first-order valence-corrected chi connectivity index (χ1v) is 6.96. The van der Waals surface area contributed by atoms with Gasteiger partial charge in [0.1, 0.15) is 11.9 Å². The third-order valence-corrected chi connectivity index (χ3v) is 3.61. The Morgan fingerprint density at radius 1 is 1.37 bits per heavy atom. The summed E-state index contributed by atoms with van der Waals surface area (Å²) in [5.41, 5.74) is 1.64. The monoisotopic (exact) mass is 259 g/mol. The van der Waals surface area contributed by atoms with Crippen LogP contribution >= 0.6 is 0 Å². The number of aromatic nitrogens is 1. The van der Waals surface area contributed by atoms with Crippen molar-refractivity contribution in [2.75, 3.05) is 18.0 Å². The van der Waals surface area contributed by atoms with Gasteiger partial charge in [0.15, 0.2) is 0 Å². The molecule has 1 fully saturated rings. The lowest BCUT2D eigenvalue weighted by Gasteiger charge is -2.23. The van der Waals surface area contributed by atoms with Gasteiger partial charge in [-0.15, -0.1) is 0 Å². The van der Waals surface area contributed by atoms with E-state index in [4.69, 9.17) is 0 Å². The van der Waals surface area contributed by atoms with Crippen molar-refractivity contribution in [1.29, 1.82) is 5.26 Å². The first kappa shape index (κ1) is 13.8. The number of anilines is 1. The Morgan fingerprint density at radius 2 is 2.16 bits per heavy atom. The van der Waals surface area contributed by atoms with Gasteiger partial charge >= 0.3 is 0 Å². The fourth-order valence-electron chi connectivity index (χ4n) is 2.40. The lowest BCUT2D eigenvalue weighted by atomic mass is 10.1. The summed E-state index contributed by atoms with van der Waals surface area (Å²) in [6, 6.07) is 6.01. The average Bonchev–Trinajstić information content (AvgIpc) is 2.62. The summed E-state index contributed by atoms with van der Waals surface area (Å²) >= 11 is 0. The number of rotatable bonds is 2. The quantitative estimate of drug-likeness (QED) is 0.886. The number of hydrogen-bond acceptors (Lipinski definition) is 4. The summed E-state index contributed by atoms with van der Waals surface area (Å²) in [7, 11) is 0. The maximum Gasteiger partial charge on any atom is 0.146 e. The van der Waals surface area contributed by atoms with E-state index in [1.54, 1.807) is 0 Å². The highest BCUT2D eigenvalue weighted by Gasteiger charge is 2.19. The largest absolute Gasteiger partial charge is 0.393 e. The Hall–Kier alpha value is -1.60. The summed E-state index contributed by atoms with van der Waals surface area (Å²) in [4.78, 5) is 6.79. The van der Waals surface area contributed by atoms with Crippen molar-refractivity contribution >= 4 is 5.82 Å². The van der Waals surface area contributed by atoms with Crippen molar-refractivity contribution in [3.05, 3.63) is 23.4 Å². The molecule has 102 valence electrons. The van der Waals surface area contributed by atoms with Crippen LogP contribution in [0.5, 0.6) is 0 Å². The van der Waals surface area contributed by atoms with Crippen LogP contribution in [0.25, 0.3) is 0 Å². The number of nitrogens with zero attached hydrogens (tertiary/aromatic N) is 3. The van der Waals surface area contributed by atoms with Crippen LogP contribution in [0, 0.1) is 11.3 Å². The molecular weight excluding hydrogens is 238 g/mol. The molecule has 0 spiro atoms. The van der Waals surface area contributed by atoms with Gasteiger partial charge in [-0.25, -0.2) is 4.98 Å². The predicted octanol–water partition coefficient (Wildman–Crippen LogP) is 2.43. The molecule has 2 heterocycles. The highest BCUT2D eigenvalue weighted by Crippen LogP contribution is 2.24. The molecule has 0 unspecified atom stereocenters. The van der Waals surface area contributed by atoms with Gasteiger partial charge < -0.3 is 10.0 Å². The molecule has 4 heteroatoms. The molecule has 0 aliphatic carbocycles. The lowest BCUT2D eigenvalue weighted by Crippen LogP contribution is -2.27. The Morgan fingerprint density at radius 3 is 2.84 bits per heavy atom. The zero-order valence-electron chi connectivity index (χ0n) is 11.6. The van der Waals surface area contributed by atoms with Gasteiger partial charge in [0.2, 0.25) is 0 Å². The standard InChI is InChI=1S/C15H21N3O/c1-11(2)14-6-5-12(10-16)15(17-14)18-8-3-4-13(19)7-9-18/h5-6,11,13,19H,3-4,7-9H2,1-2H3/t13-/m0/s1. The molecule has 2 rings (SSSR count). The van der Waals surface area contributed by atoms with Crippen molar-refractivity contribution < 1.29 is 5.11 Å². The van der Waals surface area contributed by atoms with E-state index in [9.17, 15) is 10.4 Å². The lowest BCUT2D eigenvalue weighted by molar-refractivity contribution is 0.161. The minimum atomic E-state index is -0.219. The average molecular weight is 259 g/mol. The molecule has 1 saturated heterocycles. The van der Waals surface area contributed by atoms with Gasteiger partial charge in [-0.3, -0.25) is 0 Å². The molecule has 1 aliphatic heterocycles. The number of aliphatic hydroxyl groups excluding tert-OH is 1. The molecule has 1 N–H and O–H groups in total. The zero-order chi connectivity index (χ0) is 13.8.